The summed E-state index contributed by atoms with van der Waals surface area (Å²) in [5.41, 5.74) is 3.60. The molecule has 1 aromatic carbocycles. The van der Waals surface area contributed by atoms with Crippen LogP contribution in [0.2, 0.25) is 0 Å². The van der Waals surface area contributed by atoms with E-state index in [-0.39, 0.29) is 0 Å². The van der Waals surface area contributed by atoms with Gasteiger partial charge >= 0.3 is 0 Å². The molecular formula is C22H35N4OS+. The lowest BCUT2D eigenvalue weighted by Crippen LogP contribution is -3.15. The van der Waals surface area contributed by atoms with Crippen LogP contribution in [0.3, 0.4) is 0 Å². The Balaban J connectivity index is 1.45. The quantitative estimate of drug-likeness (QED) is 0.754. The third-order valence-corrected chi connectivity index (χ3v) is 6.50. The number of nitrogens with zero attached hydrogens (tertiary/aromatic N) is 2. The van der Waals surface area contributed by atoms with Crippen LogP contribution in [0.1, 0.15) is 31.4 Å². The molecule has 0 spiro atoms. The molecule has 0 aliphatic carbocycles. The van der Waals surface area contributed by atoms with Crippen LogP contribution in [0.15, 0.2) is 18.2 Å². The minimum absolute atomic E-state index is 0.317. The summed E-state index contributed by atoms with van der Waals surface area (Å²) in [6.45, 7) is 14.9. The van der Waals surface area contributed by atoms with E-state index in [2.05, 4.69) is 61.0 Å². The molecule has 2 saturated heterocycles. The standard InChI is InChI=1S/C22H34N4OS/c1-16-11-17(2)14-26(13-16)21(27)15-24-7-9-25(10-8-24)22(28)23-20-6-5-18(3)19(4)12-20/h5-6,12,16-17H,7-11,13-15H2,1-4H3,(H,23,28)/p+1/t16-,17-/m1/s1. The summed E-state index contributed by atoms with van der Waals surface area (Å²) in [7, 11) is 0. The second-order valence-corrected chi connectivity index (χ2v) is 9.27. The van der Waals surface area contributed by atoms with Crippen molar-refractivity contribution in [3.8, 4) is 0 Å². The van der Waals surface area contributed by atoms with Crippen molar-refractivity contribution in [2.24, 2.45) is 11.8 Å². The maximum Gasteiger partial charge on any atom is 0.277 e. The van der Waals surface area contributed by atoms with Crippen molar-refractivity contribution >= 4 is 28.9 Å². The second kappa shape index (κ2) is 9.23. The van der Waals surface area contributed by atoms with Crippen LogP contribution in [-0.4, -0.2) is 66.6 Å². The number of amides is 1. The summed E-state index contributed by atoms with van der Waals surface area (Å²) in [6, 6.07) is 6.34. The van der Waals surface area contributed by atoms with Gasteiger partial charge in [0.2, 0.25) is 0 Å². The molecule has 0 unspecified atom stereocenters. The molecule has 1 aromatic rings. The second-order valence-electron chi connectivity index (χ2n) is 8.89. The number of quaternary nitrogens is 1. The Kier molecular flexibility index (Phi) is 6.94. The summed E-state index contributed by atoms with van der Waals surface area (Å²) in [5, 5.41) is 4.15. The number of aryl methyl sites for hydroxylation is 2. The number of nitrogens with one attached hydrogen (secondary N) is 2. The SMILES string of the molecule is Cc1ccc(NC(=S)N2CC[NH+](CC(=O)N3C[C@H](C)C[C@@H](C)C3)CC2)cc1C. The molecule has 2 N–H and O–H groups in total. The van der Waals surface area contributed by atoms with Gasteiger partial charge in [0.15, 0.2) is 11.7 Å². The fraction of sp³-hybridized carbons (Fsp3) is 0.636. The number of rotatable bonds is 3. The number of likely N-dealkylation sites (tertiary alicyclic amines) is 1. The number of piperazine rings is 1. The van der Waals surface area contributed by atoms with Gasteiger partial charge in [-0.3, -0.25) is 4.79 Å². The van der Waals surface area contributed by atoms with E-state index in [1.54, 1.807) is 0 Å². The minimum atomic E-state index is 0.317. The lowest BCUT2D eigenvalue weighted by Gasteiger charge is -2.37. The molecule has 5 nitrogen and oxygen atoms in total. The van der Waals surface area contributed by atoms with Crippen LogP contribution < -0.4 is 10.2 Å². The molecule has 0 saturated carbocycles. The van der Waals surface area contributed by atoms with E-state index in [0.29, 0.717) is 24.3 Å². The third kappa shape index (κ3) is 5.45. The number of benzene rings is 1. The number of thiocarbonyl (C=S) groups is 1. The van der Waals surface area contributed by atoms with E-state index in [1.807, 2.05) is 0 Å². The van der Waals surface area contributed by atoms with Crippen molar-refractivity contribution in [2.45, 2.75) is 34.1 Å². The molecule has 2 aliphatic heterocycles. The maximum atomic E-state index is 12.7. The van der Waals surface area contributed by atoms with Gasteiger partial charge in [-0.1, -0.05) is 19.9 Å². The number of carbonyl (C=O) groups excluding carboxylic acids is 1. The van der Waals surface area contributed by atoms with E-state index in [0.717, 1.165) is 50.1 Å². The van der Waals surface area contributed by atoms with Crippen molar-refractivity contribution < 1.29 is 9.69 Å². The van der Waals surface area contributed by atoms with Gasteiger partial charge in [-0.15, -0.1) is 0 Å². The summed E-state index contributed by atoms with van der Waals surface area (Å²) in [6.07, 6.45) is 1.24. The minimum Gasteiger partial charge on any atom is -0.338 e. The van der Waals surface area contributed by atoms with Crippen LogP contribution in [0.4, 0.5) is 5.69 Å². The largest absolute Gasteiger partial charge is 0.338 e. The molecule has 2 heterocycles. The smallest absolute Gasteiger partial charge is 0.277 e. The van der Waals surface area contributed by atoms with Crippen molar-refractivity contribution in [1.82, 2.24) is 9.80 Å². The van der Waals surface area contributed by atoms with E-state index in [4.69, 9.17) is 12.2 Å². The average Bonchev–Trinajstić information content (AvgIpc) is 2.64. The monoisotopic (exact) mass is 403 g/mol. The zero-order chi connectivity index (χ0) is 20.3. The Morgan fingerprint density at radius 3 is 2.36 bits per heavy atom. The van der Waals surface area contributed by atoms with Gasteiger partial charge in [-0.05, 0) is 67.6 Å². The highest BCUT2D eigenvalue weighted by Crippen LogP contribution is 2.20. The Labute approximate surface area is 175 Å². The number of piperidine rings is 1. The fourth-order valence-electron chi connectivity index (χ4n) is 4.42. The Hall–Kier alpha value is -1.66. The van der Waals surface area contributed by atoms with Crippen LogP contribution in [0.5, 0.6) is 0 Å². The summed E-state index contributed by atoms with van der Waals surface area (Å²) in [5.74, 6) is 1.56. The zero-order valence-electron chi connectivity index (χ0n) is 17.8. The van der Waals surface area contributed by atoms with Gasteiger partial charge < -0.3 is 20.0 Å². The third-order valence-electron chi connectivity index (χ3n) is 6.14. The van der Waals surface area contributed by atoms with Gasteiger partial charge in [-0.2, -0.15) is 0 Å². The van der Waals surface area contributed by atoms with Crippen LogP contribution >= 0.6 is 12.2 Å². The van der Waals surface area contributed by atoms with Gasteiger partial charge in [-0.25, -0.2) is 0 Å². The van der Waals surface area contributed by atoms with Crippen LogP contribution in [0.25, 0.3) is 0 Å². The Bertz CT molecular complexity index is 704. The molecule has 1 amide bonds. The first-order valence-electron chi connectivity index (χ1n) is 10.6. The Morgan fingerprint density at radius 2 is 1.75 bits per heavy atom. The van der Waals surface area contributed by atoms with Crippen molar-refractivity contribution in [3.63, 3.8) is 0 Å². The maximum absolute atomic E-state index is 12.7. The molecule has 28 heavy (non-hydrogen) atoms. The van der Waals surface area contributed by atoms with E-state index in [9.17, 15) is 4.79 Å². The number of carbonyl (C=O) groups is 1. The first-order chi connectivity index (χ1) is 13.3. The Morgan fingerprint density at radius 1 is 1.11 bits per heavy atom. The predicted molar refractivity (Wildman–Crippen MR) is 119 cm³/mol. The lowest BCUT2D eigenvalue weighted by atomic mass is 9.92. The predicted octanol–water partition coefficient (Wildman–Crippen LogP) is 1.71. The summed E-state index contributed by atoms with van der Waals surface area (Å²) in [4.78, 5) is 18.4. The molecular weight excluding hydrogens is 368 g/mol. The van der Waals surface area contributed by atoms with Crippen molar-refractivity contribution in [2.75, 3.05) is 51.1 Å². The summed E-state index contributed by atoms with van der Waals surface area (Å²) >= 11 is 5.62. The molecule has 0 radical (unpaired) electrons. The number of anilines is 1. The lowest BCUT2D eigenvalue weighted by molar-refractivity contribution is -0.896. The highest BCUT2D eigenvalue weighted by Gasteiger charge is 2.29. The number of hydrogen-bond donors (Lipinski definition) is 2. The van der Waals surface area contributed by atoms with Crippen molar-refractivity contribution in [1.29, 1.82) is 0 Å². The first kappa shape index (κ1) is 21.1. The summed E-state index contributed by atoms with van der Waals surface area (Å²) < 4.78 is 0. The highest BCUT2D eigenvalue weighted by molar-refractivity contribution is 7.80. The van der Waals surface area contributed by atoms with Gasteiger partial charge in [0, 0.05) is 18.8 Å². The van der Waals surface area contributed by atoms with E-state index < -0.39 is 0 Å². The topological polar surface area (TPSA) is 40.0 Å². The number of hydrogen-bond acceptors (Lipinski definition) is 2. The van der Waals surface area contributed by atoms with E-state index >= 15 is 0 Å². The molecule has 2 fully saturated rings. The molecule has 154 valence electrons. The average molecular weight is 404 g/mol. The van der Waals surface area contributed by atoms with Crippen molar-refractivity contribution in [3.05, 3.63) is 29.3 Å². The first-order valence-corrected chi connectivity index (χ1v) is 11.0. The van der Waals surface area contributed by atoms with Gasteiger partial charge in [0.05, 0.1) is 26.2 Å². The highest BCUT2D eigenvalue weighted by atomic mass is 32.1. The zero-order valence-corrected chi connectivity index (χ0v) is 18.6. The molecule has 0 aromatic heterocycles. The molecule has 2 atom stereocenters. The molecule has 2 aliphatic rings. The van der Waals surface area contributed by atoms with Gasteiger partial charge in [0.25, 0.3) is 5.91 Å². The van der Waals surface area contributed by atoms with Crippen LogP contribution in [-0.2, 0) is 4.79 Å². The van der Waals surface area contributed by atoms with Crippen LogP contribution in [0, 0.1) is 25.7 Å². The molecule has 3 rings (SSSR count). The molecule has 6 heteroatoms. The van der Waals surface area contributed by atoms with E-state index in [1.165, 1.54) is 22.4 Å². The molecule has 0 bridgehead atoms. The normalized spacial score (nSPS) is 23.6. The fourth-order valence-corrected chi connectivity index (χ4v) is 4.72. The van der Waals surface area contributed by atoms with Gasteiger partial charge in [0.1, 0.15) is 0 Å².